The molecule has 6 rings (SSSR count). The van der Waals surface area contributed by atoms with Gasteiger partial charge in [-0.25, -0.2) is 0 Å². The van der Waals surface area contributed by atoms with Crippen LogP contribution >= 0.6 is 0 Å². The third kappa shape index (κ3) is 4.31. The highest BCUT2D eigenvalue weighted by Crippen LogP contribution is 2.56. The van der Waals surface area contributed by atoms with Crippen LogP contribution in [0.1, 0.15) is 45.9 Å². The summed E-state index contributed by atoms with van der Waals surface area (Å²) in [5.41, 5.74) is 1.52. The summed E-state index contributed by atoms with van der Waals surface area (Å²) in [4.78, 5) is 0. The van der Waals surface area contributed by atoms with E-state index < -0.39 is 47.6 Å². The van der Waals surface area contributed by atoms with Crippen LogP contribution in [0.15, 0.2) is 60.7 Å². The van der Waals surface area contributed by atoms with Crippen molar-refractivity contribution in [2.24, 2.45) is 0 Å². The zero-order valence-corrected chi connectivity index (χ0v) is 21.2. The minimum Gasteiger partial charge on any atom is -0.507 e. The summed E-state index contributed by atoms with van der Waals surface area (Å²) in [5.74, 6) is -3.43. The summed E-state index contributed by atoms with van der Waals surface area (Å²) in [5, 5.41) is 93.5. The smallest absolute Gasteiger partial charge is 0.157 e. The van der Waals surface area contributed by atoms with Gasteiger partial charge in [0.05, 0.1) is 6.10 Å². The van der Waals surface area contributed by atoms with Gasteiger partial charge in [-0.15, -0.1) is 0 Å². The first-order valence-corrected chi connectivity index (χ1v) is 12.7. The number of hydrogen-bond acceptors (Lipinski definition) is 11. The lowest BCUT2D eigenvalue weighted by molar-refractivity contribution is -0.00215. The Morgan fingerprint density at radius 2 is 1.05 bits per heavy atom. The maximum atomic E-state index is 11.7. The van der Waals surface area contributed by atoms with Gasteiger partial charge in [0.2, 0.25) is 0 Å². The number of aromatic hydroxyl groups is 7. The summed E-state index contributed by atoms with van der Waals surface area (Å²) < 4.78 is 12.4. The molecule has 0 radical (unpaired) electrons. The van der Waals surface area contributed by atoms with Crippen LogP contribution in [0.5, 0.6) is 51.7 Å². The largest absolute Gasteiger partial charge is 0.507 e. The Kier molecular flexibility index (Phi) is 6.13. The molecule has 2 aliphatic heterocycles. The highest BCUT2D eigenvalue weighted by atomic mass is 16.5. The first-order chi connectivity index (χ1) is 19.5. The number of fused-ring (bicyclic) bond motifs is 3. The van der Waals surface area contributed by atoms with Crippen molar-refractivity contribution in [1.29, 1.82) is 0 Å². The van der Waals surface area contributed by atoms with E-state index in [1.165, 1.54) is 60.7 Å². The van der Waals surface area contributed by atoms with Crippen molar-refractivity contribution in [3.63, 3.8) is 0 Å². The van der Waals surface area contributed by atoms with Gasteiger partial charge in [-0.05, 0) is 53.1 Å². The van der Waals surface area contributed by atoms with Crippen molar-refractivity contribution in [2.45, 2.75) is 36.8 Å². The van der Waals surface area contributed by atoms with E-state index in [0.717, 1.165) is 0 Å². The summed E-state index contributed by atoms with van der Waals surface area (Å²) in [7, 11) is 0. The predicted molar refractivity (Wildman–Crippen MR) is 142 cm³/mol. The van der Waals surface area contributed by atoms with E-state index >= 15 is 0 Å². The molecule has 9 N–H and O–H groups in total. The second-order valence-electron chi connectivity index (χ2n) is 10.2. The van der Waals surface area contributed by atoms with Crippen LogP contribution < -0.4 is 9.47 Å². The SMILES string of the molecule is Oc1ccc([C@H]2c3c(cc(O)c4c3O[C@H](c3ccc(O)c(O)c3)[C@@H](O)C4)O[C@H](c3ccc(O)c(O)c3)[C@H]2O)cc1O. The number of ether oxygens (including phenoxy) is 2. The third-order valence-corrected chi connectivity index (χ3v) is 7.60. The van der Waals surface area contributed by atoms with Crippen LogP contribution in [-0.2, 0) is 6.42 Å². The highest BCUT2D eigenvalue weighted by molar-refractivity contribution is 5.64. The van der Waals surface area contributed by atoms with Crippen molar-refractivity contribution < 1.29 is 55.4 Å². The Bertz CT molecular complexity index is 1670. The van der Waals surface area contributed by atoms with E-state index in [2.05, 4.69) is 0 Å². The first-order valence-electron chi connectivity index (χ1n) is 12.7. The van der Waals surface area contributed by atoms with Gasteiger partial charge in [0.15, 0.2) is 40.6 Å². The van der Waals surface area contributed by atoms with Gasteiger partial charge in [0.1, 0.15) is 29.5 Å². The van der Waals surface area contributed by atoms with Gasteiger partial charge in [-0.3, -0.25) is 0 Å². The Morgan fingerprint density at radius 3 is 1.61 bits per heavy atom. The lowest BCUT2D eigenvalue weighted by atomic mass is 9.78. The zero-order valence-electron chi connectivity index (χ0n) is 21.2. The van der Waals surface area contributed by atoms with E-state index in [1.54, 1.807) is 0 Å². The standard InChI is InChI=1S/C30H26O11/c31-16-4-1-12(7-20(16)35)25-26-24(40-29(27(25)39)14-3-6-18(33)22(37)9-14)11-19(34)15-10-23(38)28(41-30(15)26)13-2-5-17(32)21(36)8-13/h1-9,11,23,25,27-29,31-39H,10H2/t23-,25-,27-,28+,29+/m0/s1. The highest BCUT2D eigenvalue weighted by Gasteiger charge is 2.45. The summed E-state index contributed by atoms with van der Waals surface area (Å²) in [6.45, 7) is 0. The summed E-state index contributed by atoms with van der Waals surface area (Å²) in [6.07, 6.45) is -4.77. The van der Waals surface area contributed by atoms with Gasteiger partial charge in [0, 0.05) is 29.5 Å². The Balaban J connectivity index is 1.54. The molecule has 0 aliphatic carbocycles. The number of benzene rings is 4. The fraction of sp³-hybridized carbons (Fsp3) is 0.200. The van der Waals surface area contributed by atoms with Crippen LogP contribution in [0.3, 0.4) is 0 Å². The average Bonchev–Trinajstić information content (AvgIpc) is 2.93. The molecular formula is C30H26O11. The van der Waals surface area contributed by atoms with Crippen molar-refractivity contribution in [3.05, 3.63) is 88.5 Å². The molecular weight excluding hydrogens is 536 g/mol. The molecule has 0 bridgehead atoms. The molecule has 4 aromatic rings. The lowest BCUT2D eigenvalue weighted by Crippen LogP contribution is -2.37. The number of hydrogen-bond donors (Lipinski definition) is 9. The Morgan fingerprint density at radius 1 is 0.537 bits per heavy atom. The third-order valence-electron chi connectivity index (χ3n) is 7.60. The van der Waals surface area contributed by atoms with Crippen LogP contribution in [0.2, 0.25) is 0 Å². The molecule has 0 saturated heterocycles. The fourth-order valence-electron chi connectivity index (χ4n) is 5.57. The number of rotatable bonds is 3. The minimum absolute atomic E-state index is 0.0698. The van der Waals surface area contributed by atoms with Gasteiger partial charge >= 0.3 is 0 Å². The van der Waals surface area contributed by atoms with E-state index in [-0.39, 0.29) is 52.0 Å². The van der Waals surface area contributed by atoms with Crippen molar-refractivity contribution in [2.75, 3.05) is 0 Å². The Hall–Kier alpha value is -5.00. The molecule has 0 saturated carbocycles. The van der Waals surface area contributed by atoms with Gasteiger partial charge < -0.3 is 55.4 Å². The second kappa shape index (κ2) is 9.58. The lowest BCUT2D eigenvalue weighted by Gasteiger charge is -2.41. The van der Waals surface area contributed by atoms with Gasteiger partial charge in [0.25, 0.3) is 0 Å². The molecule has 4 aromatic carbocycles. The molecule has 0 fully saturated rings. The molecule has 0 amide bonds. The molecule has 41 heavy (non-hydrogen) atoms. The monoisotopic (exact) mass is 562 g/mol. The normalized spacial score (nSPS) is 23.1. The Labute approximate surface area is 232 Å². The second-order valence-corrected chi connectivity index (χ2v) is 10.2. The number of aliphatic hydroxyl groups is 2. The topological polar surface area (TPSA) is 201 Å². The minimum atomic E-state index is -1.38. The molecule has 0 spiro atoms. The zero-order chi connectivity index (χ0) is 29.2. The number of phenols is 7. The first kappa shape index (κ1) is 26.2. The number of phenolic OH excluding ortho intramolecular Hbond substituents is 7. The van der Waals surface area contributed by atoms with E-state index in [9.17, 15) is 46.0 Å². The molecule has 0 aromatic heterocycles. The average molecular weight is 563 g/mol. The van der Waals surface area contributed by atoms with Crippen LogP contribution in [0, 0.1) is 0 Å². The maximum Gasteiger partial charge on any atom is 0.157 e. The van der Waals surface area contributed by atoms with Crippen molar-refractivity contribution in [1.82, 2.24) is 0 Å². The molecule has 5 atom stereocenters. The van der Waals surface area contributed by atoms with E-state index in [4.69, 9.17) is 9.47 Å². The molecule has 11 heteroatoms. The maximum absolute atomic E-state index is 11.7. The molecule has 2 aliphatic rings. The summed E-state index contributed by atoms with van der Waals surface area (Å²) >= 11 is 0. The van der Waals surface area contributed by atoms with Gasteiger partial charge in [-0.1, -0.05) is 18.2 Å². The van der Waals surface area contributed by atoms with Crippen LogP contribution in [0.25, 0.3) is 0 Å². The van der Waals surface area contributed by atoms with E-state index in [1.807, 2.05) is 0 Å². The summed E-state index contributed by atoms with van der Waals surface area (Å²) in [6, 6.07) is 13.2. The van der Waals surface area contributed by atoms with Gasteiger partial charge in [-0.2, -0.15) is 0 Å². The quantitative estimate of drug-likeness (QED) is 0.166. The van der Waals surface area contributed by atoms with E-state index in [0.29, 0.717) is 16.7 Å². The molecule has 212 valence electrons. The van der Waals surface area contributed by atoms with Crippen molar-refractivity contribution >= 4 is 0 Å². The van der Waals surface area contributed by atoms with Crippen LogP contribution in [0.4, 0.5) is 0 Å². The number of aliphatic hydroxyl groups excluding tert-OH is 2. The molecule has 0 unspecified atom stereocenters. The molecule has 11 nitrogen and oxygen atoms in total. The molecule has 2 heterocycles. The van der Waals surface area contributed by atoms with Crippen molar-refractivity contribution in [3.8, 4) is 51.7 Å². The predicted octanol–water partition coefficient (Wildman–Crippen LogP) is 3.29. The van der Waals surface area contributed by atoms with Crippen LogP contribution in [-0.4, -0.2) is 58.2 Å². The fourth-order valence-corrected chi connectivity index (χ4v) is 5.57.